The maximum absolute atomic E-state index is 13.7. The summed E-state index contributed by atoms with van der Waals surface area (Å²) in [5.41, 5.74) is -0.891. The number of alkyl halides is 6. The standard InChI is InChI=1S/C31H32F6N2O3S/c1-21-7-9-22(10-8-21)15-29(40)38-27-13-11-24(12-14-27)20-39(19-23-5-3-2-4-6-23)43(41,42)28-17-25(30(32,33)34)16-26(18-28)31(35,36)37/h2-10,16-18,24,27H,11-15,19-20H2,1H3,(H,38,40). The average molecular weight is 627 g/mol. The minimum atomic E-state index is -5.18. The van der Waals surface area contributed by atoms with Gasteiger partial charge in [0.1, 0.15) is 0 Å². The quantitative estimate of drug-likeness (QED) is 0.257. The summed E-state index contributed by atoms with van der Waals surface area (Å²) in [5, 5.41) is 3.01. The molecule has 0 unspecified atom stereocenters. The molecule has 0 bridgehead atoms. The number of hydrogen-bond acceptors (Lipinski definition) is 3. The van der Waals surface area contributed by atoms with E-state index in [2.05, 4.69) is 5.32 Å². The highest BCUT2D eigenvalue weighted by molar-refractivity contribution is 7.89. The smallest absolute Gasteiger partial charge is 0.353 e. The van der Waals surface area contributed by atoms with Crippen LogP contribution in [-0.4, -0.2) is 31.2 Å². The molecule has 0 radical (unpaired) electrons. The molecule has 0 aromatic heterocycles. The van der Waals surface area contributed by atoms with Crippen LogP contribution in [0.5, 0.6) is 0 Å². The topological polar surface area (TPSA) is 66.5 Å². The van der Waals surface area contributed by atoms with E-state index >= 15 is 0 Å². The van der Waals surface area contributed by atoms with Crippen molar-refractivity contribution in [3.8, 4) is 0 Å². The minimum absolute atomic E-state index is 0.0883. The molecule has 0 heterocycles. The zero-order valence-electron chi connectivity index (χ0n) is 23.4. The first-order chi connectivity index (χ1) is 20.1. The molecule has 1 amide bonds. The Kier molecular flexibility index (Phi) is 9.90. The van der Waals surface area contributed by atoms with E-state index in [0.29, 0.717) is 31.2 Å². The van der Waals surface area contributed by atoms with Crippen LogP contribution in [0.25, 0.3) is 0 Å². The van der Waals surface area contributed by atoms with Crippen molar-refractivity contribution in [2.24, 2.45) is 5.92 Å². The van der Waals surface area contributed by atoms with E-state index in [1.165, 1.54) is 0 Å². The average Bonchev–Trinajstić information content (AvgIpc) is 2.94. The molecule has 1 N–H and O–H groups in total. The van der Waals surface area contributed by atoms with Gasteiger partial charge in [-0.25, -0.2) is 8.42 Å². The van der Waals surface area contributed by atoms with Gasteiger partial charge in [0.05, 0.1) is 22.4 Å². The molecule has 5 nitrogen and oxygen atoms in total. The van der Waals surface area contributed by atoms with Gasteiger partial charge in [-0.1, -0.05) is 60.2 Å². The number of sulfonamides is 1. The van der Waals surface area contributed by atoms with Gasteiger partial charge in [-0.15, -0.1) is 0 Å². The highest BCUT2D eigenvalue weighted by Gasteiger charge is 2.39. The van der Waals surface area contributed by atoms with Crippen molar-refractivity contribution in [1.82, 2.24) is 9.62 Å². The van der Waals surface area contributed by atoms with Gasteiger partial charge in [-0.2, -0.15) is 30.6 Å². The largest absolute Gasteiger partial charge is 0.416 e. The van der Waals surface area contributed by atoms with Crippen molar-refractivity contribution < 1.29 is 39.6 Å². The first kappa shape index (κ1) is 32.5. The number of hydrogen-bond donors (Lipinski definition) is 1. The molecule has 0 aliphatic heterocycles. The zero-order valence-corrected chi connectivity index (χ0v) is 24.2. The van der Waals surface area contributed by atoms with Gasteiger partial charge >= 0.3 is 12.4 Å². The molecule has 0 atom stereocenters. The Morgan fingerprint density at radius 1 is 0.814 bits per heavy atom. The van der Waals surface area contributed by atoms with Gasteiger partial charge in [-0.05, 0) is 67.9 Å². The van der Waals surface area contributed by atoms with Crippen LogP contribution in [0.2, 0.25) is 0 Å². The summed E-state index contributed by atoms with van der Waals surface area (Å²) in [4.78, 5) is 11.5. The normalized spacial score (nSPS) is 18.0. The molecular weight excluding hydrogens is 594 g/mol. The molecule has 1 aliphatic carbocycles. The number of rotatable bonds is 9. The van der Waals surface area contributed by atoms with Crippen molar-refractivity contribution in [1.29, 1.82) is 0 Å². The van der Waals surface area contributed by atoms with Crippen LogP contribution in [-0.2, 0) is 40.1 Å². The third-order valence-corrected chi connectivity index (χ3v) is 9.35. The fourth-order valence-electron chi connectivity index (χ4n) is 5.21. The molecule has 0 saturated heterocycles. The fraction of sp³-hybridized carbons (Fsp3) is 0.387. The summed E-state index contributed by atoms with van der Waals surface area (Å²) in [6.45, 7) is 1.63. The molecule has 3 aromatic carbocycles. The molecule has 232 valence electrons. The summed E-state index contributed by atoms with van der Waals surface area (Å²) in [6, 6.07) is 16.2. The number of amides is 1. The van der Waals surface area contributed by atoms with Gasteiger partial charge < -0.3 is 5.32 Å². The lowest BCUT2D eigenvalue weighted by molar-refractivity contribution is -0.143. The monoisotopic (exact) mass is 626 g/mol. The van der Waals surface area contributed by atoms with Crippen molar-refractivity contribution in [2.75, 3.05) is 6.54 Å². The summed E-state index contributed by atoms with van der Waals surface area (Å²) < 4.78 is 109. The van der Waals surface area contributed by atoms with Crippen LogP contribution in [0.1, 0.15) is 53.5 Å². The zero-order chi connectivity index (χ0) is 31.4. The lowest BCUT2D eigenvalue weighted by Gasteiger charge is -2.33. The van der Waals surface area contributed by atoms with Crippen molar-refractivity contribution >= 4 is 15.9 Å². The molecule has 1 fully saturated rings. The number of nitrogens with one attached hydrogen (secondary N) is 1. The fourth-order valence-corrected chi connectivity index (χ4v) is 6.78. The van der Waals surface area contributed by atoms with Crippen LogP contribution >= 0.6 is 0 Å². The van der Waals surface area contributed by atoms with E-state index in [1.807, 2.05) is 31.2 Å². The van der Waals surface area contributed by atoms with Crippen LogP contribution < -0.4 is 5.32 Å². The first-order valence-corrected chi connectivity index (χ1v) is 15.2. The van der Waals surface area contributed by atoms with Gasteiger partial charge in [0.2, 0.25) is 15.9 Å². The van der Waals surface area contributed by atoms with E-state index in [0.717, 1.165) is 15.4 Å². The second-order valence-electron chi connectivity index (χ2n) is 11.0. The SMILES string of the molecule is Cc1ccc(CC(=O)NC2CCC(CN(Cc3ccccc3)S(=O)(=O)c3cc(C(F)(F)F)cc(C(F)(F)F)c3)CC2)cc1. The lowest BCUT2D eigenvalue weighted by atomic mass is 9.86. The van der Waals surface area contributed by atoms with Gasteiger partial charge in [0.25, 0.3) is 0 Å². The van der Waals surface area contributed by atoms with Gasteiger partial charge in [0.15, 0.2) is 0 Å². The summed E-state index contributed by atoms with van der Waals surface area (Å²) in [6.07, 6.45) is -7.98. The molecule has 12 heteroatoms. The number of benzene rings is 3. The van der Waals surface area contributed by atoms with Gasteiger partial charge in [-0.3, -0.25) is 4.79 Å². The number of nitrogens with zero attached hydrogens (tertiary/aromatic N) is 1. The Labute approximate surface area is 247 Å². The van der Waals surface area contributed by atoms with E-state index < -0.39 is 38.4 Å². The minimum Gasteiger partial charge on any atom is -0.353 e. The highest BCUT2D eigenvalue weighted by Crippen LogP contribution is 2.38. The number of carbonyl (C=O) groups is 1. The maximum atomic E-state index is 13.7. The van der Waals surface area contributed by atoms with Crippen molar-refractivity contribution in [3.63, 3.8) is 0 Å². The Bertz CT molecular complexity index is 1470. The maximum Gasteiger partial charge on any atom is 0.416 e. The van der Waals surface area contributed by atoms with E-state index in [4.69, 9.17) is 0 Å². The summed E-state index contributed by atoms with van der Waals surface area (Å²) in [5.74, 6) is -0.345. The molecule has 43 heavy (non-hydrogen) atoms. The molecule has 3 aromatic rings. The Hall–Kier alpha value is -3.38. The second-order valence-corrected chi connectivity index (χ2v) is 12.9. The third kappa shape index (κ3) is 8.82. The molecule has 1 aliphatic rings. The van der Waals surface area contributed by atoms with E-state index in [9.17, 15) is 39.6 Å². The highest BCUT2D eigenvalue weighted by atomic mass is 32.2. The van der Waals surface area contributed by atoms with Gasteiger partial charge in [0, 0.05) is 19.1 Å². The predicted octanol–water partition coefficient (Wildman–Crippen LogP) is 7.14. The summed E-state index contributed by atoms with van der Waals surface area (Å²) >= 11 is 0. The Morgan fingerprint density at radius 3 is 1.91 bits per heavy atom. The summed E-state index contributed by atoms with van der Waals surface area (Å²) in [7, 11) is -4.77. The molecule has 1 saturated carbocycles. The van der Waals surface area contributed by atoms with Crippen LogP contribution in [0.4, 0.5) is 26.3 Å². The number of aryl methyl sites for hydroxylation is 1. The van der Waals surface area contributed by atoms with Crippen molar-refractivity contribution in [3.05, 3.63) is 101 Å². The third-order valence-electron chi connectivity index (χ3n) is 7.56. The Balaban J connectivity index is 1.51. The molecule has 0 spiro atoms. The van der Waals surface area contributed by atoms with E-state index in [1.54, 1.807) is 30.3 Å². The van der Waals surface area contributed by atoms with Crippen LogP contribution in [0.3, 0.4) is 0 Å². The van der Waals surface area contributed by atoms with Crippen molar-refractivity contribution in [2.45, 2.75) is 68.9 Å². The first-order valence-electron chi connectivity index (χ1n) is 13.8. The predicted molar refractivity (Wildman–Crippen MR) is 149 cm³/mol. The molecular formula is C31H32F6N2O3S. The van der Waals surface area contributed by atoms with Crippen LogP contribution in [0.15, 0.2) is 77.7 Å². The lowest BCUT2D eigenvalue weighted by Crippen LogP contribution is -2.41. The number of halogens is 6. The number of carbonyl (C=O) groups excluding carboxylic acids is 1. The van der Waals surface area contributed by atoms with E-state index in [-0.39, 0.29) is 55.6 Å². The second kappa shape index (κ2) is 13.1. The Morgan fingerprint density at radius 2 is 1.37 bits per heavy atom. The molecule has 4 rings (SSSR count). The van der Waals surface area contributed by atoms with Crippen LogP contribution in [0, 0.1) is 12.8 Å².